The third kappa shape index (κ3) is 4.12. The monoisotopic (exact) mass is 397 g/mol. The molecule has 0 radical (unpaired) electrons. The van der Waals surface area contributed by atoms with Gasteiger partial charge in [0.2, 0.25) is 0 Å². The van der Waals surface area contributed by atoms with Crippen LogP contribution in [-0.4, -0.2) is 6.91 Å². The van der Waals surface area contributed by atoms with E-state index >= 15 is 0 Å². The third-order valence-electron chi connectivity index (χ3n) is 5.50. The normalized spacial score (nSPS) is 10.2. The molecule has 0 atom stereocenters. The summed E-state index contributed by atoms with van der Waals surface area (Å²) in [6.07, 6.45) is 0. The standard InChI is InChI=1S/C29H21B.H3N/c1-5-13-22(14-6-1)26-21-30-29(25-19-11-4-12-20-25)28(24-17-9-3-10-18-24)27(26)23-15-7-2-8-16-23;/h1-21H;1H3. The van der Waals surface area contributed by atoms with Gasteiger partial charge >= 0.3 is 179 Å². The van der Waals surface area contributed by atoms with E-state index in [-0.39, 0.29) is 6.15 Å². The molecule has 0 unspecified atom stereocenters. The molecule has 0 bridgehead atoms. The molecule has 0 saturated carbocycles. The summed E-state index contributed by atoms with van der Waals surface area (Å²) in [6.45, 7) is 2.27. The molecule has 0 saturated heterocycles. The van der Waals surface area contributed by atoms with Crippen LogP contribution in [0.3, 0.4) is 0 Å². The van der Waals surface area contributed by atoms with E-state index in [9.17, 15) is 0 Å². The van der Waals surface area contributed by atoms with Crippen molar-refractivity contribution < 1.29 is 0 Å². The summed E-state index contributed by atoms with van der Waals surface area (Å²) in [5.74, 6) is 2.27. The molecule has 1 heterocycles. The quantitative estimate of drug-likeness (QED) is 0.329. The summed E-state index contributed by atoms with van der Waals surface area (Å²) in [7, 11) is 0. The predicted molar refractivity (Wildman–Crippen MR) is 135 cm³/mol. The topological polar surface area (TPSA) is 35.0 Å². The molecule has 0 spiro atoms. The molecule has 0 amide bonds. The Morgan fingerprint density at radius 2 is 0.774 bits per heavy atom. The summed E-state index contributed by atoms with van der Waals surface area (Å²) in [6, 6.07) is 42.8. The van der Waals surface area contributed by atoms with Crippen molar-refractivity contribution in [2.75, 3.05) is 0 Å². The second-order valence-electron chi connectivity index (χ2n) is 7.37. The van der Waals surface area contributed by atoms with Crippen LogP contribution >= 0.6 is 0 Å². The van der Waals surface area contributed by atoms with Crippen molar-refractivity contribution in [2.45, 2.75) is 0 Å². The van der Waals surface area contributed by atoms with Gasteiger partial charge in [0.25, 0.3) is 0 Å². The zero-order valence-corrected chi connectivity index (χ0v) is 17.4. The van der Waals surface area contributed by atoms with Crippen LogP contribution in [0.25, 0.3) is 44.4 Å². The van der Waals surface area contributed by atoms with Crippen molar-refractivity contribution in [1.29, 1.82) is 0 Å². The predicted octanol–water partition coefficient (Wildman–Crippen LogP) is 7.85. The van der Waals surface area contributed by atoms with Gasteiger partial charge in [-0.15, -0.1) is 0 Å². The van der Waals surface area contributed by atoms with Gasteiger partial charge in [-0.3, -0.25) is 0 Å². The van der Waals surface area contributed by atoms with Crippen LogP contribution in [-0.2, 0) is 0 Å². The molecular weight excluding hydrogens is 373 g/mol. The molecule has 1 nitrogen and oxygen atoms in total. The van der Waals surface area contributed by atoms with Gasteiger partial charge in [0.1, 0.15) is 0 Å². The van der Waals surface area contributed by atoms with Crippen molar-refractivity contribution in [1.82, 2.24) is 6.15 Å². The summed E-state index contributed by atoms with van der Waals surface area (Å²) in [4.78, 5) is 0. The molecule has 0 aliphatic heterocycles. The van der Waals surface area contributed by atoms with Gasteiger partial charge in [-0.25, -0.2) is 0 Å². The first-order valence-corrected chi connectivity index (χ1v) is 10.3. The van der Waals surface area contributed by atoms with Gasteiger partial charge in [-0.2, -0.15) is 0 Å². The van der Waals surface area contributed by atoms with Gasteiger partial charge in [-0.1, -0.05) is 0 Å². The Morgan fingerprint density at radius 1 is 0.387 bits per heavy atom. The van der Waals surface area contributed by atoms with E-state index < -0.39 is 0 Å². The van der Waals surface area contributed by atoms with E-state index in [0.717, 1.165) is 0 Å². The summed E-state index contributed by atoms with van der Waals surface area (Å²) >= 11 is 0. The van der Waals surface area contributed by atoms with E-state index in [0.29, 0.717) is 0 Å². The van der Waals surface area contributed by atoms with E-state index in [1.165, 1.54) is 44.4 Å². The Balaban J connectivity index is 0.00000231. The molecule has 5 aromatic rings. The number of hydrogen-bond acceptors (Lipinski definition) is 1. The van der Waals surface area contributed by atoms with Crippen LogP contribution < -0.4 is 6.15 Å². The Bertz CT molecular complexity index is 1150. The Hall–Kier alpha value is -3.75. The summed E-state index contributed by atoms with van der Waals surface area (Å²) < 4.78 is 0. The van der Waals surface area contributed by atoms with E-state index in [4.69, 9.17) is 0 Å². The number of benzene rings is 4. The van der Waals surface area contributed by atoms with Gasteiger partial charge in [0, 0.05) is 0 Å². The average molecular weight is 397 g/mol. The molecular formula is C29H24BN. The molecule has 0 fully saturated rings. The van der Waals surface area contributed by atoms with Crippen molar-refractivity contribution in [3.8, 4) is 44.4 Å². The van der Waals surface area contributed by atoms with Gasteiger partial charge < -0.3 is 6.15 Å². The van der Waals surface area contributed by atoms with Crippen molar-refractivity contribution >= 4 is 6.91 Å². The zero-order chi connectivity index (χ0) is 20.2. The second kappa shape index (κ2) is 9.38. The fourth-order valence-electron chi connectivity index (χ4n) is 4.13. The second-order valence-corrected chi connectivity index (χ2v) is 7.37. The first-order chi connectivity index (χ1) is 14.9. The molecule has 4 aromatic carbocycles. The van der Waals surface area contributed by atoms with Crippen molar-refractivity contribution in [3.63, 3.8) is 0 Å². The van der Waals surface area contributed by atoms with E-state index in [1.54, 1.807) is 0 Å². The third-order valence-corrected chi connectivity index (χ3v) is 5.50. The molecule has 31 heavy (non-hydrogen) atoms. The maximum absolute atomic E-state index is 2.27. The Labute approximate surface area is 184 Å². The summed E-state index contributed by atoms with van der Waals surface area (Å²) in [5.41, 5.74) is 9.96. The van der Waals surface area contributed by atoms with Crippen LogP contribution in [0.2, 0.25) is 0 Å². The van der Waals surface area contributed by atoms with Gasteiger partial charge in [0.05, 0.1) is 0 Å². The molecule has 2 heteroatoms. The Morgan fingerprint density at radius 3 is 1.26 bits per heavy atom. The average Bonchev–Trinajstić information content (AvgIpc) is 2.85. The minimum absolute atomic E-state index is 0. The first kappa shape index (κ1) is 20.5. The van der Waals surface area contributed by atoms with Crippen molar-refractivity contribution in [2.24, 2.45) is 0 Å². The first-order valence-electron chi connectivity index (χ1n) is 10.3. The van der Waals surface area contributed by atoms with Crippen molar-refractivity contribution in [3.05, 3.63) is 127 Å². The molecule has 5 rings (SSSR count). The van der Waals surface area contributed by atoms with Crippen LogP contribution in [0.5, 0.6) is 0 Å². The van der Waals surface area contributed by atoms with E-state index in [1.807, 2.05) is 0 Å². The zero-order valence-electron chi connectivity index (χ0n) is 17.4. The minimum atomic E-state index is 0. The van der Waals surface area contributed by atoms with E-state index in [2.05, 4.69) is 134 Å². The fourth-order valence-corrected chi connectivity index (χ4v) is 4.13. The Kier molecular flexibility index (Phi) is 6.21. The molecule has 0 aliphatic rings. The fraction of sp³-hybridized carbons (Fsp3) is 0. The molecule has 0 aliphatic carbocycles. The number of rotatable bonds is 4. The van der Waals surface area contributed by atoms with Gasteiger partial charge in [-0.05, 0) is 0 Å². The SMILES string of the molecule is N.b1cc(-c2ccccc2)c(-c2ccccc2)c(-c2ccccc2)c1-c1ccccc1. The van der Waals surface area contributed by atoms with Crippen LogP contribution in [0.15, 0.2) is 127 Å². The molecule has 148 valence electrons. The molecule has 3 N–H and O–H groups in total. The van der Waals surface area contributed by atoms with Crippen LogP contribution in [0.4, 0.5) is 0 Å². The maximum atomic E-state index is 2.27. The summed E-state index contributed by atoms with van der Waals surface area (Å²) in [5, 5.41) is 0. The molecule has 1 aromatic heterocycles. The number of hydrogen-bond donors (Lipinski definition) is 1. The van der Waals surface area contributed by atoms with Gasteiger partial charge in [0.15, 0.2) is 0 Å². The van der Waals surface area contributed by atoms with Crippen LogP contribution in [0, 0.1) is 0 Å². The van der Waals surface area contributed by atoms with Crippen LogP contribution in [0.1, 0.15) is 0 Å².